The molecule has 21 heavy (non-hydrogen) atoms. The van der Waals surface area contributed by atoms with Crippen LogP contribution in [-0.4, -0.2) is 17.3 Å². The van der Waals surface area contributed by atoms with Gasteiger partial charge in [0.2, 0.25) is 0 Å². The maximum absolute atomic E-state index is 10.7. The zero-order chi connectivity index (χ0) is 15.0. The summed E-state index contributed by atoms with van der Waals surface area (Å²) in [7, 11) is 1.54. The quantitative estimate of drug-likeness (QED) is 0.890. The molecule has 0 bridgehead atoms. The summed E-state index contributed by atoms with van der Waals surface area (Å²) in [5, 5.41) is 20.6. The fraction of sp³-hybridized carbons (Fsp3) is 0.176. The monoisotopic (exact) mass is 284 g/mol. The minimum Gasteiger partial charge on any atom is -0.507 e. The van der Waals surface area contributed by atoms with E-state index in [4.69, 9.17) is 9.47 Å². The highest BCUT2D eigenvalue weighted by Crippen LogP contribution is 2.44. The third-order valence-electron chi connectivity index (χ3n) is 3.64. The van der Waals surface area contributed by atoms with Gasteiger partial charge in [0.25, 0.3) is 5.79 Å². The number of hydrogen-bond donors (Lipinski definition) is 2. The number of rotatable bonds is 2. The van der Waals surface area contributed by atoms with Crippen LogP contribution in [0.4, 0.5) is 0 Å². The fourth-order valence-corrected chi connectivity index (χ4v) is 2.48. The highest BCUT2D eigenvalue weighted by atomic mass is 16.6. The van der Waals surface area contributed by atoms with E-state index in [-0.39, 0.29) is 5.75 Å². The first-order valence-electron chi connectivity index (χ1n) is 6.62. The van der Waals surface area contributed by atoms with Crippen LogP contribution in [0.25, 0.3) is 6.08 Å². The number of benzene rings is 2. The highest BCUT2D eigenvalue weighted by Gasteiger charge is 2.33. The number of methoxy groups -OCH3 is 1. The summed E-state index contributed by atoms with van der Waals surface area (Å²) in [4.78, 5) is 0. The van der Waals surface area contributed by atoms with Crippen molar-refractivity contribution < 1.29 is 19.7 Å². The number of phenolic OH excluding ortho intramolecular Hbond substituents is 1. The summed E-state index contributed by atoms with van der Waals surface area (Å²) in [6.45, 7) is 1.76. The van der Waals surface area contributed by atoms with Gasteiger partial charge < -0.3 is 19.7 Å². The Bertz CT molecular complexity index is 706. The Morgan fingerprint density at radius 1 is 1.19 bits per heavy atom. The summed E-state index contributed by atoms with van der Waals surface area (Å²) < 4.78 is 11.0. The van der Waals surface area contributed by atoms with E-state index in [0.29, 0.717) is 28.2 Å². The first-order chi connectivity index (χ1) is 10.0. The first kappa shape index (κ1) is 13.5. The molecule has 0 aromatic heterocycles. The predicted molar refractivity (Wildman–Crippen MR) is 79.4 cm³/mol. The van der Waals surface area contributed by atoms with Gasteiger partial charge in [-0.3, -0.25) is 0 Å². The van der Waals surface area contributed by atoms with Gasteiger partial charge in [0.1, 0.15) is 17.2 Å². The minimum absolute atomic E-state index is 0.0660. The molecule has 0 fully saturated rings. The zero-order valence-corrected chi connectivity index (χ0v) is 11.8. The van der Waals surface area contributed by atoms with Crippen molar-refractivity contribution in [3.63, 3.8) is 0 Å². The Hall–Kier alpha value is -2.46. The van der Waals surface area contributed by atoms with Gasteiger partial charge in [-0.1, -0.05) is 30.3 Å². The molecule has 0 spiro atoms. The molecule has 0 amide bonds. The standard InChI is InChI=1S/C17H16O4/c1-11-14(18)10-15-13(16(11)20-2)8-9-17(19,21-15)12-6-4-3-5-7-12/h3-10,18-19H,1-2H3/t17-/m0/s1. The average Bonchev–Trinajstić information content (AvgIpc) is 2.50. The van der Waals surface area contributed by atoms with E-state index in [0.717, 1.165) is 0 Å². The Morgan fingerprint density at radius 3 is 2.57 bits per heavy atom. The Balaban J connectivity index is 2.11. The molecule has 2 aromatic rings. The average molecular weight is 284 g/mol. The summed E-state index contributed by atoms with van der Waals surface area (Å²) in [6.07, 6.45) is 3.32. The van der Waals surface area contributed by atoms with Crippen LogP contribution in [0.2, 0.25) is 0 Å². The van der Waals surface area contributed by atoms with Crippen molar-refractivity contribution >= 4 is 6.08 Å². The van der Waals surface area contributed by atoms with Gasteiger partial charge in [-0.25, -0.2) is 0 Å². The maximum atomic E-state index is 10.7. The lowest BCUT2D eigenvalue weighted by Crippen LogP contribution is -2.32. The van der Waals surface area contributed by atoms with Crippen LogP contribution in [0.15, 0.2) is 42.5 Å². The molecule has 1 aliphatic heterocycles. The highest BCUT2D eigenvalue weighted by molar-refractivity contribution is 5.71. The second kappa shape index (κ2) is 4.82. The van der Waals surface area contributed by atoms with Crippen LogP contribution in [-0.2, 0) is 5.79 Å². The van der Waals surface area contributed by atoms with E-state index in [1.807, 2.05) is 18.2 Å². The van der Waals surface area contributed by atoms with Crippen LogP contribution >= 0.6 is 0 Å². The molecule has 0 unspecified atom stereocenters. The van der Waals surface area contributed by atoms with Crippen molar-refractivity contribution in [2.45, 2.75) is 12.7 Å². The largest absolute Gasteiger partial charge is 0.507 e. The number of aliphatic hydroxyl groups is 1. The van der Waals surface area contributed by atoms with Crippen LogP contribution in [0.5, 0.6) is 17.2 Å². The molecule has 4 nitrogen and oxygen atoms in total. The predicted octanol–water partition coefficient (Wildman–Crippen LogP) is 2.96. The Kier molecular flexibility index (Phi) is 3.11. The summed E-state index contributed by atoms with van der Waals surface area (Å²) in [6, 6.07) is 10.6. The van der Waals surface area contributed by atoms with E-state index >= 15 is 0 Å². The first-order valence-corrected chi connectivity index (χ1v) is 6.62. The molecular formula is C17H16O4. The van der Waals surface area contributed by atoms with Gasteiger partial charge >= 0.3 is 0 Å². The molecule has 0 saturated heterocycles. The molecule has 1 atom stereocenters. The van der Waals surface area contributed by atoms with Gasteiger partial charge in [-0.15, -0.1) is 0 Å². The Labute approximate surface area is 122 Å². The fourth-order valence-electron chi connectivity index (χ4n) is 2.48. The smallest absolute Gasteiger partial charge is 0.255 e. The van der Waals surface area contributed by atoms with Gasteiger partial charge in [0, 0.05) is 17.2 Å². The number of phenols is 1. The third-order valence-corrected chi connectivity index (χ3v) is 3.64. The molecule has 0 aliphatic carbocycles. The van der Waals surface area contributed by atoms with Crippen molar-refractivity contribution in [2.24, 2.45) is 0 Å². The minimum atomic E-state index is -1.55. The van der Waals surface area contributed by atoms with E-state index in [9.17, 15) is 10.2 Å². The molecule has 2 aromatic carbocycles. The van der Waals surface area contributed by atoms with Gasteiger partial charge in [0.15, 0.2) is 0 Å². The van der Waals surface area contributed by atoms with E-state index < -0.39 is 5.79 Å². The van der Waals surface area contributed by atoms with E-state index in [1.54, 1.807) is 31.2 Å². The van der Waals surface area contributed by atoms with Gasteiger partial charge in [0.05, 0.1) is 12.7 Å². The summed E-state index contributed by atoms with van der Waals surface area (Å²) in [5.41, 5.74) is 1.95. The molecule has 1 aliphatic rings. The van der Waals surface area contributed by atoms with Crippen molar-refractivity contribution in [2.75, 3.05) is 7.11 Å². The lowest BCUT2D eigenvalue weighted by atomic mass is 9.98. The van der Waals surface area contributed by atoms with Gasteiger partial charge in [-0.2, -0.15) is 0 Å². The van der Waals surface area contributed by atoms with Crippen molar-refractivity contribution in [3.8, 4) is 17.2 Å². The van der Waals surface area contributed by atoms with Crippen molar-refractivity contribution in [1.82, 2.24) is 0 Å². The lowest BCUT2D eigenvalue weighted by molar-refractivity contribution is -0.103. The van der Waals surface area contributed by atoms with Crippen LogP contribution in [0.1, 0.15) is 16.7 Å². The number of fused-ring (bicyclic) bond motifs is 1. The second-order valence-corrected chi connectivity index (χ2v) is 4.96. The lowest BCUT2D eigenvalue weighted by Gasteiger charge is -2.31. The second-order valence-electron chi connectivity index (χ2n) is 4.96. The number of hydrogen-bond acceptors (Lipinski definition) is 4. The molecular weight excluding hydrogens is 268 g/mol. The molecule has 2 N–H and O–H groups in total. The molecule has 108 valence electrons. The SMILES string of the molecule is COc1c(C)c(O)cc2c1C=C[C@@](O)(c1ccccc1)O2. The third kappa shape index (κ3) is 2.14. The Morgan fingerprint density at radius 2 is 1.90 bits per heavy atom. The van der Waals surface area contributed by atoms with Crippen LogP contribution in [0.3, 0.4) is 0 Å². The van der Waals surface area contributed by atoms with Crippen LogP contribution in [0, 0.1) is 6.92 Å². The number of ether oxygens (including phenoxy) is 2. The molecule has 1 heterocycles. The van der Waals surface area contributed by atoms with E-state index in [1.165, 1.54) is 13.2 Å². The van der Waals surface area contributed by atoms with Crippen LogP contribution < -0.4 is 9.47 Å². The molecule has 3 rings (SSSR count). The van der Waals surface area contributed by atoms with Gasteiger partial charge in [-0.05, 0) is 19.1 Å². The van der Waals surface area contributed by atoms with Crippen molar-refractivity contribution in [1.29, 1.82) is 0 Å². The molecule has 4 heteroatoms. The topological polar surface area (TPSA) is 58.9 Å². The summed E-state index contributed by atoms with van der Waals surface area (Å²) in [5.74, 6) is -0.572. The molecule has 0 saturated carbocycles. The summed E-state index contributed by atoms with van der Waals surface area (Å²) >= 11 is 0. The van der Waals surface area contributed by atoms with E-state index in [2.05, 4.69) is 0 Å². The molecule has 0 radical (unpaired) electrons. The maximum Gasteiger partial charge on any atom is 0.255 e. The number of aromatic hydroxyl groups is 1. The van der Waals surface area contributed by atoms with Crippen molar-refractivity contribution in [3.05, 3.63) is 59.2 Å². The normalized spacial score (nSPS) is 19.8. The zero-order valence-electron chi connectivity index (χ0n) is 11.8.